The van der Waals surface area contributed by atoms with Gasteiger partial charge in [-0.25, -0.2) is 4.79 Å². The number of nitrogens with one attached hydrogen (secondary N) is 1. The van der Waals surface area contributed by atoms with Crippen molar-refractivity contribution >= 4 is 12.0 Å². The van der Waals surface area contributed by atoms with Crippen LogP contribution in [0.15, 0.2) is 0 Å². The van der Waals surface area contributed by atoms with E-state index in [2.05, 4.69) is 5.32 Å². The van der Waals surface area contributed by atoms with Gasteiger partial charge in [0.15, 0.2) is 0 Å². The maximum atomic E-state index is 12.2. The number of carbonyl (C=O) groups is 2. The third-order valence-corrected chi connectivity index (χ3v) is 4.50. The molecule has 19 heavy (non-hydrogen) atoms. The normalized spacial score (nSPS) is 21.7. The molecule has 2 saturated carbocycles. The lowest BCUT2D eigenvalue weighted by Gasteiger charge is -2.33. The number of carboxylic acid groups (broad SMARTS) is 1. The van der Waals surface area contributed by atoms with Crippen molar-refractivity contribution in [2.45, 2.75) is 57.9 Å². The van der Waals surface area contributed by atoms with E-state index in [1.165, 1.54) is 19.3 Å². The fraction of sp³-hybridized carbons (Fsp3) is 0.857. The van der Waals surface area contributed by atoms with Gasteiger partial charge in [0.05, 0.1) is 5.41 Å². The average Bonchev–Trinajstić information content (AvgIpc) is 3.20. The first kappa shape index (κ1) is 14.2. The highest BCUT2D eigenvalue weighted by atomic mass is 16.4. The lowest BCUT2D eigenvalue weighted by Crippen LogP contribution is -2.48. The number of hydrogen-bond donors (Lipinski definition) is 2. The standard InChI is InChI=1S/C14H24N2O3/c1-2-16(11-6-4-3-5-7-11)13(19)15-10-14(8-9-14)12(17)18/h11H,2-10H2,1H3,(H,15,19)(H,17,18). The highest BCUT2D eigenvalue weighted by Crippen LogP contribution is 2.45. The summed E-state index contributed by atoms with van der Waals surface area (Å²) in [6.07, 6.45) is 7.14. The van der Waals surface area contributed by atoms with Crippen molar-refractivity contribution in [2.75, 3.05) is 13.1 Å². The summed E-state index contributed by atoms with van der Waals surface area (Å²) in [5, 5.41) is 11.9. The third kappa shape index (κ3) is 3.19. The number of aliphatic carboxylic acids is 1. The van der Waals surface area contributed by atoms with Crippen molar-refractivity contribution in [3.05, 3.63) is 0 Å². The molecule has 5 nitrogen and oxygen atoms in total. The molecule has 0 aliphatic heterocycles. The Labute approximate surface area is 114 Å². The smallest absolute Gasteiger partial charge is 0.317 e. The summed E-state index contributed by atoms with van der Waals surface area (Å²) in [4.78, 5) is 25.1. The van der Waals surface area contributed by atoms with E-state index in [1.54, 1.807) is 0 Å². The Kier molecular flexibility index (Phi) is 4.32. The van der Waals surface area contributed by atoms with Crippen molar-refractivity contribution in [1.29, 1.82) is 0 Å². The van der Waals surface area contributed by atoms with Crippen LogP contribution < -0.4 is 5.32 Å². The number of amides is 2. The molecule has 0 atom stereocenters. The van der Waals surface area contributed by atoms with Gasteiger partial charge in [-0.05, 0) is 32.6 Å². The van der Waals surface area contributed by atoms with Gasteiger partial charge in [0.25, 0.3) is 0 Å². The second-order valence-electron chi connectivity index (χ2n) is 5.82. The lowest BCUT2D eigenvalue weighted by molar-refractivity contribution is -0.143. The second-order valence-corrected chi connectivity index (χ2v) is 5.82. The van der Waals surface area contributed by atoms with Crippen molar-refractivity contribution in [2.24, 2.45) is 5.41 Å². The molecule has 2 fully saturated rings. The summed E-state index contributed by atoms with van der Waals surface area (Å²) in [7, 11) is 0. The first-order valence-corrected chi connectivity index (χ1v) is 7.37. The van der Waals surface area contributed by atoms with E-state index in [1.807, 2.05) is 11.8 Å². The van der Waals surface area contributed by atoms with Crippen molar-refractivity contribution in [1.82, 2.24) is 10.2 Å². The van der Waals surface area contributed by atoms with Crippen LogP contribution in [0.4, 0.5) is 4.79 Å². The fourth-order valence-corrected chi connectivity index (χ4v) is 2.92. The Morgan fingerprint density at radius 2 is 1.89 bits per heavy atom. The summed E-state index contributed by atoms with van der Waals surface area (Å²) in [5.41, 5.74) is -0.679. The van der Waals surface area contributed by atoms with E-state index in [9.17, 15) is 9.59 Å². The van der Waals surface area contributed by atoms with E-state index >= 15 is 0 Å². The van der Waals surface area contributed by atoms with Crippen molar-refractivity contribution in [3.8, 4) is 0 Å². The van der Waals surface area contributed by atoms with Gasteiger partial charge in [-0.1, -0.05) is 19.3 Å². The van der Waals surface area contributed by atoms with Crippen molar-refractivity contribution in [3.63, 3.8) is 0 Å². The quantitative estimate of drug-likeness (QED) is 0.803. The molecule has 0 aromatic carbocycles. The molecule has 2 rings (SSSR count). The lowest BCUT2D eigenvalue weighted by atomic mass is 9.94. The van der Waals surface area contributed by atoms with Crippen LogP contribution in [-0.4, -0.2) is 41.1 Å². The Morgan fingerprint density at radius 1 is 1.26 bits per heavy atom. The maximum absolute atomic E-state index is 12.2. The number of urea groups is 1. The molecule has 5 heteroatoms. The molecule has 108 valence electrons. The van der Waals surface area contributed by atoms with Crippen LogP contribution in [0.1, 0.15) is 51.9 Å². The van der Waals surface area contributed by atoms with Gasteiger partial charge in [0.1, 0.15) is 0 Å². The summed E-state index contributed by atoms with van der Waals surface area (Å²) in [5.74, 6) is -0.784. The molecule has 0 aromatic rings. The van der Waals surface area contributed by atoms with Gasteiger partial charge in [-0.2, -0.15) is 0 Å². The summed E-state index contributed by atoms with van der Waals surface area (Å²) < 4.78 is 0. The molecule has 2 aliphatic carbocycles. The topological polar surface area (TPSA) is 69.6 Å². The van der Waals surface area contributed by atoms with Crippen molar-refractivity contribution < 1.29 is 14.7 Å². The average molecular weight is 268 g/mol. The Balaban J connectivity index is 1.85. The largest absolute Gasteiger partial charge is 0.481 e. The molecule has 2 aliphatic rings. The molecule has 0 radical (unpaired) electrons. The Hall–Kier alpha value is -1.26. The molecule has 0 unspecified atom stereocenters. The van der Waals surface area contributed by atoms with Crippen LogP contribution in [-0.2, 0) is 4.79 Å². The van der Waals surface area contributed by atoms with E-state index in [0.717, 1.165) is 12.8 Å². The van der Waals surface area contributed by atoms with E-state index in [0.29, 0.717) is 25.4 Å². The predicted octanol–water partition coefficient (Wildman–Crippen LogP) is 2.22. The molecule has 0 heterocycles. The number of carbonyl (C=O) groups excluding carboxylic acids is 1. The number of carboxylic acids is 1. The monoisotopic (exact) mass is 268 g/mol. The van der Waals surface area contributed by atoms with Gasteiger partial charge >= 0.3 is 12.0 Å². The highest BCUT2D eigenvalue weighted by molar-refractivity contribution is 5.80. The molecule has 2 amide bonds. The fourth-order valence-electron chi connectivity index (χ4n) is 2.92. The van der Waals surface area contributed by atoms with Gasteiger partial charge in [0, 0.05) is 19.1 Å². The molecule has 0 bridgehead atoms. The summed E-state index contributed by atoms with van der Waals surface area (Å²) in [6, 6.07) is 0.237. The summed E-state index contributed by atoms with van der Waals surface area (Å²) in [6.45, 7) is 2.94. The van der Waals surface area contributed by atoms with Gasteiger partial charge in [0.2, 0.25) is 0 Å². The second kappa shape index (κ2) is 5.80. The van der Waals surface area contributed by atoms with Gasteiger partial charge < -0.3 is 15.3 Å². The predicted molar refractivity (Wildman–Crippen MR) is 72.0 cm³/mol. The number of nitrogens with zero attached hydrogens (tertiary/aromatic N) is 1. The Bertz CT molecular complexity index is 347. The van der Waals surface area contributed by atoms with Crippen LogP contribution in [0, 0.1) is 5.41 Å². The van der Waals surface area contributed by atoms with E-state index in [-0.39, 0.29) is 12.6 Å². The van der Waals surface area contributed by atoms with Crippen LogP contribution in [0.2, 0.25) is 0 Å². The minimum absolute atomic E-state index is 0.0954. The minimum atomic E-state index is -0.784. The number of rotatable bonds is 5. The molecule has 0 spiro atoms. The maximum Gasteiger partial charge on any atom is 0.317 e. The van der Waals surface area contributed by atoms with Crippen LogP contribution in [0.5, 0.6) is 0 Å². The van der Waals surface area contributed by atoms with Gasteiger partial charge in [-0.3, -0.25) is 4.79 Å². The van der Waals surface area contributed by atoms with Crippen LogP contribution >= 0.6 is 0 Å². The third-order valence-electron chi connectivity index (χ3n) is 4.50. The molecule has 0 saturated heterocycles. The van der Waals surface area contributed by atoms with E-state index < -0.39 is 11.4 Å². The molecular formula is C14H24N2O3. The Morgan fingerprint density at radius 3 is 2.37 bits per heavy atom. The SMILES string of the molecule is CCN(C(=O)NCC1(C(=O)O)CC1)C1CCCCC1. The molecule has 0 aromatic heterocycles. The summed E-state index contributed by atoms with van der Waals surface area (Å²) >= 11 is 0. The minimum Gasteiger partial charge on any atom is -0.481 e. The van der Waals surface area contributed by atoms with E-state index in [4.69, 9.17) is 5.11 Å². The first-order chi connectivity index (χ1) is 9.09. The molecular weight excluding hydrogens is 244 g/mol. The zero-order valence-electron chi connectivity index (χ0n) is 11.7. The number of hydrogen-bond acceptors (Lipinski definition) is 2. The first-order valence-electron chi connectivity index (χ1n) is 7.37. The zero-order valence-corrected chi connectivity index (χ0v) is 11.7. The zero-order chi connectivity index (χ0) is 13.9. The van der Waals surface area contributed by atoms with Gasteiger partial charge in [-0.15, -0.1) is 0 Å². The van der Waals surface area contributed by atoms with Crippen LogP contribution in [0.3, 0.4) is 0 Å². The highest BCUT2D eigenvalue weighted by Gasteiger charge is 2.50. The molecule has 2 N–H and O–H groups in total. The van der Waals surface area contributed by atoms with Crippen LogP contribution in [0.25, 0.3) is 0 Å².